The SMILES string of the molecule is CCc1cc(-c2cc(C)c(O)c(C(C)(c3cccc4ccccc34)c3cccc4ccccc34)c2)cc(C(CC)(c2cccc3ccccc23)c2cccc3ccccc23)c1O. The molecule has 10 rings (SSSR count). The molecule has 0 aliphatic heterocycles. The molecule has 0 amide bonds. The van der Waals surface area contributed by atoms with E-state index >= 15 is 0 Å². The fraction of sp³-hybridized carbons (Fsp3) is 0.133. The Morgan fingerprint density at radius 3 is 1.19 bits per heavy atom. The van der Waals surface area contributed by atoms with Crippen LogP contribution < -0.4 is 0 Å². The molecule has 62 heavy (non-hydrogen) atoms. The third-order valence-electron chi connectivity index (χ3n) is 13.9. The highest BCUT2D eigenvalue weighted by atomic mass is 16.3. The van der Waals surface area contributed by atoms with E-state index in [2.05, 4.69) is 215 Å². The molecular weight excluding hydrogens is 753 g/mol. The minimum atomic E-state index is -0.779. The van der Waals surface area contributed by atoms with Crippen molar-refractivity contribution in [3.63, 3.8) is 0 Å². The molecule has 0 aliphatic rings. The Kier molecular flexibility index (Phi) is 9.68. The summed E-state index contributed by atoms with van der Waals surface area (Å²) < 4.78 is 0. The Bertz CT molecular complexity index is 3160. The highest BCUT2D eigenvalue weighted by Crippen LogP contribution is 2.53. The molecule has 0 heterocycles. The summed E-state index contributed by atoms with van der Waals surface area (Å²) in [5, 5.41) is 34.5. The summed E-state index contributed by atoms with van der Waals surface area (Å²) >= 11 is 0. The van der Waals surface area contributed by atoms with Gasteiger partial charge in [0.15, 0.2) is 0 Å². The Hall–Kier alpha value is -7.16. The molecule has 0 spiro atoms. The summed E-state index contributed by atoms with van der Waals surface area (Å²) in [6.45, 7) is 8.67. The molecule has 0 saturated heterocycles. The van der Waals surface area contributed by atoms with Crippen LogP contribution in [0.25, 0.3) is 54.2 Å². The van der Waals surface area contributed by atoms with E-state index in [0.29, 0.717) is 18.6 Å². The third kappa shape index (κ3) is 6.00. The van der Waals surface area contributed by atoms with Crippen molar-refractivity contribution in [2.45, 2.75) is 51.4 Å². The van der Waals surface area contributed by atoms with Gasteiger partial charge in [-0.05, 0) is 139 Å². The van der Waals surface area contributed by atoms with Gasteiger partial charge in [-0.2, -0.15) is 0 Å². The van der Waals surface area contributed by atoms with Crippen molar-refractivity contribution in [3.8, 4) is 22.6 Å². The topological polar surface area (TPSA) is 40.5 Å². The lowest BCUT2D eigenvalue weighted by Crippen LogP contribution is -2.30. The molecule has 0 fully saturated rings. The number of hydrogen-bond acceptors (Lipinski definition) is 2. The second-order valence-electron chi connectivity index (χ2n) is 17.1. The summed E-state index contributed by atoms with van der Waals surface area (Å²) in [6, 6.07) is 69.3. The number of hydrogen-bond donors (Lipinski definition) is 2. The molecule has 0 unspecified atom stereocenters. The standard InChI is InChI=1S/C60H50O2/c1-5-40-36-46(38-56(58(40)62)60(6-2,53-33-17-25-43-21-9-13-29-49(43)53)54-34-18-26-44-22-10-14-30-50(44)54)45-35-39(3)57(61)55(37-45)59(4,51-31-15-23-41-19-7-11-27-47(41)51)52-32-16-24-42-20-8-12-28-48(42)52/h7-38,61-62H,5-6H2,1-4H3. The van der Waals surface area contributed by atoms with Gasteiger partial charge in [0.25, 0.3) is 0 Å². The molecule has 2 heteroatoms. The smallest absolute Gasteiger partial charge is 0.123 e. The van der Waals surface area contributed by atoms with Crippen LogP contribution in [0.1, 0.15) is 71.7 Å². The maximum Gasteiger partial charge on any atom is 0.123 e. The lowest BCUT2D eigenvalue weighted by molar-refractivity contribution is 0.445. The fourth-order valence-corrected chi connectivity index (χ4v) is 10.7. The fourth-order valence-electron chi connectivity index (χ4n) is 10.7. The molecule has 10 aromatic rings. The predicted molar refractivity (Wildman–Crippen MR) is 261 cm³/mol. The first-order valence-corrected chi connectivity index (χ1v) is 21.9. The average Bonchev–Trinajstić information content (AvgIpc) is 3.32. The second kappa shape index (κ2) is 15.4. The number of benzene rings is 10. The lowest BCUT2D eigenvalue weighted by Gasteiger charge is -2.38. The Balaban J connectivity index is 1.29. The molecule has 0 radical (unpaired) electrons. The van der Waals surface area contributed by atoms with Gasteiger partial charge >= 0.3 is 0 Å². The maximum absolute atomic E-state index is 12.7. The summed E-state index contributed by atoms with van der Waals surface area (Å²) in [4.78, 5) is 0. The van der Waals surface area contributed by atoms with E-state index in [1.165, 1.54) is 0 Å². The lowest BCUT2D eigenvalue weighted by atomic mass is 9.64. The third-order valence-corrected chi connectivity index (χ3v) is 13.9. The van der Waals surface area contributed by atoms with Crippen molar-refractivity contribution in [1.29, 1.82) is 0 Å². The van der Waals surface area contributed by atoms with Crippen molar-refractivity contribution < 1.29 is 10.2 Å². The van der Waals surface area contributed by atoms with Gasteiger partial charge in [-0.15, -0.1) is 0 Å². The molecule has 2 nitrogen and oxygen atoms in total. The van der Waals surface area contributed by atoms with Gasteiger partial charge in [0.1, 0.15) is 11.5 Å². The van der Waals surface area contributed by atoms with Crippen molar-refractivity contribution in [2.75, 3.05) is 0 Å². The number of aromatic hydroxyl groups is 2. The monoisotopic (exact) mass is 802 g/mol. The number of fused-ring (bicyclic) bond motifs is 4. The molecule has 302 valence electrons. The van der Waals surface area contributed by atoms with Gasteiger partial charge in [-0.1, -0.05) is 184 Å². The van der Waals surface area contributed by atoms with Crippen LogP contribution >= 0.6 is 0 Å². The van der Waals surface area contributed by atoms with E-state index < -0.39 is 10.8 Å². The van der Waals surface area contributed by atoms with E-state index in [-0.39, 0.29) is 5.75 Å². The molecule has 2 N–H and O–H groups in total. The normalized spacial score (nSPS) is 12.1. The van der Waals surface area contributed by atoms with Crippen molar-refractivity contribution in [3.05, 3.63) is 239 Å². The van der Waals surface area contributed by atoms with Crippen LogP contribution in [0.3, 0.4) is 0 Å². The van der Waals surface area contributed by atoms with Gasteiger partial charge < -0.3 is 10.2 Å². The summed E-state index contributed by atoms with van der Waals surface area (Å²) in [5.74, 6) is 0.604. The molecule has 0 aliphatic carbocycles. The maximum atomic E-state index is 12.7. The van der Waals surface area contributed by atoms with Gasteiger partial charge in [-0.25, -0.2) is 0 Å². The van der Waals surface area contributed by atoms with Crippen LogP contribution in [0.2, 0.25) is 0 Å². The summed E-state index contributed by atoms with van der Waals surface area (Å²) in [7, 11) is 0. The first-order chi connectivity index (χ1) is 30.3. The van der Waals surface area contributed by atoms with Gasteiger partial charge in [0.2, 0.25) is 0 Å². The van der Waals surface area contributed by atoms with Crippen LogP contribution in [0, 0.1) is 6.92 Å². The number of phenolic OH excluding ortho intramolecular Hbond substituents is 2. The Morgan fingerprint density at radius 1 is 0.387 bits per heavy atom. The first-order valence-electron chi connectivity index (χ1n) is 21.9. The van der Waals surface area contributed by atoms with Crippen molar-refractivity contribution in [2.24, 2.45) is 0 Å². The highest BCUT2D eigenvalue weighted by molar-refractivity contribution is 5.95. The highest BCUT2D eigenvalue weighted by Gasteiger charge is 2.41. The van der Waals surface area contributed by atoms with E-state index in [9.17, 15) is 10.2 Å². The second-order valence-corrected chi connectivity index (χ2v) is 17.1. The van der Waals surface area contributed by atoms with Gasteiger partial charge in [-0.3, -0.25) is 0 Å². The van der Waals surface area contributed by atoms with Crippen LogP contribution in [0.5, 0.6) is 11.5 Å². The molecule has 0 bridgehead atoms. The largest absolute Gasteiger partial charge is 0.507 e. The quantitative estimate of drug-likeness (QED) is 0.143. The van der Waals surface area contributed by atoms with Crippen LogP contribution in [-0.4, -0.2) is 10.2 Å². The molecule has 0 aromatic heterocycles. The molecule has 0 atom stereocenters. The zero-order chi connectivity index (χ0) is 42.6. The average molecular weight is 803 g/mol. The van der Waals surface area contributed by atoms with Gasteiger partial charge in [0, 0.05) is 22.0 Å². The van der Waals surface area contributed by atoms with E-state index in [1.54, 1.807) is 0 Å². The number of aryl methyl sites for hydroxylation is 2. The zero-order valence-electron chi connectivity index (χ0n) is 35.8. The van der Waals surface area contributed by atoms with Crippen LogP contribution in [0.15, 0.2) is 194 Å². The summed E-state index contributed by atoms with van der Waals surface area (Å²) in [5.41, 5.74) is 8.41. The molecule has 0 saturated carbocycles. The number of rotatable bonds is 9. The Morgan fingerprint density at radius 2 is 0.758 bits per heavy atom. The minimum absolute atomic E-state index is 0.279. The van der Waals surface area contributed by atoms with E-state index in [1.807, 2.05) is 6.92 Å². The van der Waals surface area contributed by atoms with E-state index in [0.717, 1.165) is 98.7 Å². The van der Waals surface area contributed by atoms with Crippen LogP contribution in [-0.2, 0) is 17.3 Å². The molecular formula is C60H50O2. The summed E-state index contributed by atoms with van der Waals surface area (Å²) in [6.07, 6.45) is 1.35. The van der Waals surface area contributed by atoms with Gasteiger partial charge in [0.05, 0.1) is 0 Å². The minimum Gasteiger partial charge on any atom is -0.507 e. The Labute approximate surface area is 364 Å². The predicted octanol–water partition coefficient (Wildman–Crippen LogP) is 15.3. The van der Waals surface area contributed by atoms with Crippen molar-refractivity contribution in [1.82, 2.24) is 0 Å². The van der Waals surface area contributed by atoms with E-state index in [4.69, 9.17) is 0 Å². The van der Waals surface area contributed by atoms with Crippen LogP contribution in [0.4, 0.5) is 0 Å². The number of phenols is 2. The van der Waals surface area contributed by atoms with Crippen molar-refractivity contribution >= 4 is 43.1 Å². The molecule has 10 aromatic carbocycles. The zero-order valence-corrected chi connectivity index (χ0v) is 35.8. The first kappa shape index (κ1) is 39.0.